The van der Waals surface area contributed by atoms with Crippen LogP contribution in [0, 0.1) is 5.92 Å². The summed E-state index contributed by atoms with van der Waals surface area (Å²) in [4.78, 5) is 16.7. The molecule has 5 nitrogen and oxygen atoms in total. The first-order valence-electron chi connectivity index (χ1n) is 15.9. The van der Waals surface area contributed by atoms with E-state index in [0.29, 0.717) is 12.5 Å². The Morgan fingerprint density at radius 3 is 2.07 bits per heavy atom. The Labute approximate surface area is 255 Å². The van der Waals surface area contributed by atoms with Gasteiger partial charge >= 0.3 is 0 Å². The fourth-order valence-electron chi connectivity index (χ4n) is 7.78. The summed E-state index contributed by atoms with van der Waals surface area (Å²) >= 11 is 0. The molecule has 0 spiro atoms. The first kappa shape index (κ1) is 27.7. The highest BCUT2D eigenvalue weighted by atomic mass is 16.5. The van der Waals surface area contributed by atoms with Crippen molar-refractivity contribution in [3.63, 3.8) is 0 Å². The molecule has 2 bridgehead atoms. The van der Waals surface area contributed by atoms with Gasteiger partial charge in [0.15, 0.2) is 0 Å². The molecule has 4 aromatic rings. The fraction of sp³-hybridized carbons (Fsp3) is 0.342. The van der Waals surface area contributed by atoms with E-state index in [4.69, 9.17) is 9.47 Å². The Hall–Kier alpha value is -4.09. The van der Waals surface area contributed by atoms with Gasteiger partial charge in [-0.25, -0.2) is 0 Å². The molecule has 0 N–H and O–H groups in total. The van der Waals surface area contributed by atoms with E-state index in [1.54, 1.807) is 0 Å². The van der Waals surface area contributed by atoms with E-state index in [0.717, 1.165) is 58.9 Å². The normalized spacial score (nSPS) is 22.3. The van der Waals surface area contributed by atoms with Gasteiger partial charge in [-0.1, -0.05) is 78.9 Å². The highest BCUT2D eigenvalue weighted by Crippen LogP contribution is 2.46. The molecule has 1 amide bonds. The molecule has 4 aromatic carbocycles. The van der Waals surface area contributed by atoms with Gasteiger partial charge in [0.25, 0.3) is 0 Å². The Balaban J connectivity index is 1.02. The van der Waals surface area contributed by atoms with Crippen LogP contribution in [0.1, 0.15) is 43.2 Å². The van der Waals surface area contributed by atoms with Crippen LogP contribution in [0.15, 0.2) is 103 Å². The Kier molecular flexibility index (Phi) is 7.67. The number of ether oxygens (including phenoxy) is 2. The third kappa shape index (κ3) is 5.43. The highest BCUT2D eigenvalue weighted by Gasteiger charge is 2.49. The van der Waals surface area contributed by atoms with E-state index < -0.39 is 0 Å². The van der Waals surface area contributed by atoms with Crippen LogP contribution < -0.4 is 9.47 Å². The average molecular weight is 574 g/mol. The van der Waals surface area contributed by atoms with Gasteiger partial charge in [-0.05, 0) is 48.2 Å². The van der Waals surface area contributed by atoms with E-state index in [1.807, 2.05) is 42.5 Å². The predicted octanol–water partition coefficient (Wildman–Crippen LogP) is 7.52. The van der Waals surface area contributed by atoms with E-state index >= 15 is 0 Å². The molecule has 43 heavy (non-hydrogen) atoms. The van der Waals surface area contributed by atoms with Crippen molar-refractivity contribution in [3.8, 4) is 28.4 Å². The van der Waals surface area contributed by atoms with Crippen molar-refractivity contribution in [1.29, 1.82) is 0 Å². The molecular weight excluding hydrogens is 532 g/mol. The second-order valence-corrected chi connectivity index (χ2v) is 12.4. The molecule has 0 radical (unpaired) electrons. The lowest BCUT2D eigenvalue weighted by Crippen LogP contribution is -2.68. The molecule has 1 atom stereocenters. The summed E-state index contributed by atoms with van der Waals surface area (Å²) in [5.74, 6) is 2.98. The zero-order valence-electron chi connectivity index (χ0n) is 25.0. The summed E-state index contributed by atoms with van der Waals surface area (Å²) in [5, 5.41) is 0. The van der Waals surface area contributed by atoms with E-state index in [2.05, 4.69) is 72.5 Å². The van der Waals surface area contributed by atoms with Crippen molar-refractivity contribution < 1.29 is 18.8 Å². The minimum Gasteiger partial charge on any atom is -0.493 e. The molecule has 4 aliphatic rings. The van der Waals surface area contributed by atoms with Crippen molar-refractivity contribution in [2.75, 3.05) is 39.3 Å². The number of rotatable bonds is 9. The smallest absolute Gasteiger partial charge is 0.235 e. The first-order valence-corrected chi connectivity index (χ1v) is 15.9. The molecule has 4 aliphatic heterocycles. The van der Waals surface area contributed by atoms with Crippen LogP contribution in [0.2, 0.25) is 0 Å². The molecule has 4 heterocycles. The van der Waals surface area contributed by atoms with Gasteiger partial charge in [0.1, 0.15) is 17.2 Å². The van der Waals surface area contributed by atoms with Crippen LogP contribution >= 0.6 is 0 Å². The van der Waals surface area contributed by atoms with Crippen molar-refractivity contribution in [2.24, 2.45) is 5.92 Å². The van der Waals surface area contributed by atoms with Crippen molar-refractivity contribution >= 4 is 5.91 Å². The number of carbonyl (C=O) groups excluding carboxylic acids is 1. The van der Waals surface area contributed by atoms with E-state index in [-0.39, 0.29) is 17.9 Å². The van der Waals surface area contributed by atoms with Gasteiger partial charge in [0, 0.05) is 36.9 Å². The van der Waals surface area contributed by atoms with E-state index in [9.17, 15) is 4.79 Å². The second kappa shape index (κ2) is 11.9. The summed E-state index contributed by atoms with van der Waals surface area (Å²) in [7, 11) is 0. The number of carbonyl (C=O) groups is 1. The maximum Gasteiger partial charge on any atom is 0.235 e. The first-order chi connectivity index (χ1) is 21.1. The number of likely N-dealkylation sites (N-methyl/N-ethyl adjacent to an activating group) is 1. The lowest BCUT2D eigenvalue weighted by atomic mass is 9.79. The summed E-state index contributed by atoms with van der Waals surface area (Å²) in [6.45, 7) is 8.15. The van der Waals surface area contributed by atoms with Crippen LogP contribution in [-0.2, 0) is 4.79 Å². The number of fused-ring (bicyclic) bond motifs is 5. The maximum atomic E-state index is 14.5. The predicted molar refractivity (Wildman–Crippen MR) is 170 cm³/mol. The van der Waals surface area contributed by atoms with Crippen LogP contribution in [0.3, 0.4) is 0 Å². The number of nitrogens with zero attached hydrogens (tertiary/aromatic N) is 2. The molecule has 0 aliphatic carbocycles. The third-order valence-corrected chi connectivity index (χ3v) is 10.0. The van der Waals surface area contributed by atoms with Crippen LogP contribution in [0.5, 0.6) is 17.2 Å². The summed E-state index contributed by atoms with van der Waals surface area (Å²) < 4.78 is 13.5. The molecule has 0 aromatic heterocycles. The number of benzene rings is 4. The largest absolute Gasteiger partial charge is 0.493 e. The zero-order valence-corrected chi connectivity index (χ0v) is 25.0. The lowest BCUT2D eigenvalue weighted by Gasteiger charge is -2.55. The second-order valence-electron chi connectivity index (χ2n) is 12.4. The molecule has 220 valence electrons. The van der Waals surface area contributed by atoms with Gasteiger partial charge in [-0.15, -0.1) is 0 Å². The van der Waals surface area contributed by atoms with Gasteiger partial charge in [-0.2, -0.15) is 0 Å². The number of quaternary nitrogens is 1. The average Bonchev–Trinajstić information content (AvgIpc) is 3.07. The van der Waals surface area contributed by atoms with Gasteiger partial charge < -0.3 is 18.9 Å². The van der Waals surface area contributed by atoms with Crippen LogP contribution in [-0.4, -0.2) is 60.7 Å². The highest BCUT2D eigenvalue weighted by molar-refractivity contribution is 5.90. The van der Waals surface area contributed by atoms with Crippen LogP contribution in [0.25, 0.3) is 11.1 Å². The molecule has 1 unspecified atom stereocenters. The van der Waals surface area contributed by atoms with E-state index in [1.165, 1.54) is 37.1 Å². The molecule has 8 rings (SSSR count). The maximum absolute atomic E-state index is 14.5. The Morgan fingerprint density at radius 1 is 0.814 bits per heavy atom. The van der Waals surface area contributed by atoms with Gasteiger partial charge in [0.05, 0.1) is 44.7 Å². The molecule has 3 saturated heterocycles. The number of hydrogen-bond acceptors (Lipinski definition) is 3. The van der Waals surface area contributed by atoms with Crippen molar-refractivity contribution in [2.45, 2.75) is 38.1 Å². The Bertz CT molecular complexity index is 1510. The minimum atomic E-state index is -0.327. The number of hydrogen-bond donors (Lipinski definition) is 0. The SMILES string of the molecule is CCN(C(=O)C1c2ccccc2Oc2ccccc21)C1C[N+]2(CCCOc3ccc(-c4ccccc4)cc3)CCC1CC2. The summed E-state index contributed by atoms with van der Waals surface area (Å²) in [6, 6.07) is 35.2. The Morgan fingerprint density at radius 2 is 1.42 bits per heavy atom. The monoisotopic (exact) mass is 573 g/mol. The van der Waals surface area contributed by atoms with Crippen LogP contribution in [0.4, 0.5) is 0 Å². The molecule has 0 saturated carbocycles. The number of piperidine rings is 3. The van der Waals surface area contributed by atoms with Gasteiger partial charge in [-0.3, -0.25) is 4.79 Å². The topological polar surface area (TPSA) is 38.8 Å². The van der Waals surface area contributed by atoms with Crippen molar-refractivity contribution in [3.05, 3.63) is 114 Å². The summed E-state index contributed by atoms with van der Waals surface area (Å²) in [5.41, 5.74) is 4.38. The fourth-order valence-corrected chi connectivity index (χ4v) is 7.78. The standard InChI is InChI=1S/C38H41N2O3/c1-2-39(38(41)37-32-13-6-8-15-35(32)43-36-16-9-7-14-33(36)37)34-27-40(24-21-30(34)22-25-40)23-10-26-42-31-19-17-29(18-20-31)28-11-4-3-5-12-28/h3-9,11-20,30,34,37H,2,10,21-27H2,1H3/q+1. The number of amides is 1. The third-order valence-electron chi connectivity index (χ3n) is 10.0. The quantitative estimate of drug-likeness (QED) is 0.154. The summed E-state index contributed by atoms with van der Waals surface area (Å²) in [6.07, 6.45) is 3.40. The molecule has 3 fully saturated rings. The minimum absolute atomic E-state index is 0.213. The molecule has 5 heteroatoms. The number of para-hydroxylation sites is 2. The van der Waals surface area contributed by atoms with Crippen molar-refractivity contribution in [1.82, 2.24) is 4.90 Å². The molecular formula is C38H41N2O3+. The zero-order chi connectivity index (χ0) is 29.2. The van der Waals surface area contributed by atoms with Gasteiger partial charge in [0.2, 0.25) is 5.91 Å². The lowest BCUT2D eigenvalue weighted by molar-refractivity contribution is -0.945.